The van der Waals surface area contributed by atoms with Crippen LogP contribution in [0.25, 0.3) is 17.1 Å². The molecule has 1 N–H and O–H groups in total. The van der Waals surface area contributed by atoms with Crippen molar-refractivity contribution in [2.24, 2.45) is 0 Å². The Morgan fingerprint density at radius 2 is 1.79 bits per heavy atom. The van der Waals surface area contributed by atoms with Crippen LogP contribution in [0.4, 0.5) is 5.82 Å². The largest absolute Gasteiger partial charge is 0.310 e. The summed E-state index contributed by atoms with van der Waals surface area (Å²) in [5, 5.41) is 17.1. The molecule has 4 rings (SSSR count). The van der Waals surface area contributed by atoms with E-state index >= 15 is 0 Å². The van der Waals surface area contributed by atoms with Gasteiger partial charge in [-0.1, -0.05) is 50.7 Å². The normalized spacial score (nSPS) is 11.5. The molecule has 170 valence electrons. The number of nitrogens with one attached hydrogen (secondary N) is 1. The number of carbonyl (C=O) groups excluding carboxylic acids is 1. The quantitative estimate of drug-likeness (QED) is 0.405. The summed E-state index contributed by atoms with van der Waals surface area (Å²) in [4.78, 5) is 16.9. The van der Waals surface area contributed by atoms with Crippen LogP contribution >= 0.6 is 11.8 Å². The zero-order valence-corrected chi connectivity index (χ0v) is 20.0. The maximum atomic E-state index is 12.9. The second-order valence-corrected chi connectivity index (χ2v) is 9.48. The van der Waals surface area contributed by atoms with Crippen LogP contribution in [-0.4, -0.2) is 41.2 Å². The Morgan fingerprint density at radius 1 is 1.06 bits per heavy atom. The molecular weight excluding hydrogens is 434 g/mol. The minimum atomic E-state index is -0.144. The van der Waals surface area contributed by atoms with Crippen LogP contribution < -0.4 is 5.32 Å². The lowest BCUT2D eigenvalue weighted by molar-refractivity contribution is -0.113. The summed E-state index contributed by atoms with van der Waals surface area (Å²) in [6, 6.07) is 15.5. The third-order valence-electron chi connectivity index (χ3n) is 5.05. The molecule has 0 bridgehead atoms. The van der Waals surface area contributed by atoms with Gasteiger partial charge in [0.15, 0.2) is 11.0 Å². The Hall–Kier alpha value is -3.46. The number of hydrogen-bond donors (Lipinski definition) is 1. The molecule has 0 aliphatic rings. The average molecular weight is 462 g/mol. The third kappa shape index (κ3) is 5.14. The number of hydrogen-bond acceptors (Lipinski definition) is 6. The Bertz CT molecular complexity index is 1230. The van der Waals surface area contributed by atoms with Crippen molar-refractivity contribution in [3.8, 4) is 17.1 Å². The van der Waals surface area contributed by atoms with Crippen LogP contribution in [0.5, 0.6) is 0 Å². The van der Waals surface area contributed by atoms with E-state index in [1.165, 1.54) is 11.8 Å². The van der Waals surface area contributed by atoms with Gasteiger partial charge in [0.1, 0.15) is 5.82 Å². The summed E-state index contributed by atoms with van der Waals surface area (Å²) in [5.74, 6) is 1.49. The number of thioether (sulfide) groups is 1. The van der Waals surface area contributed by atoms with E-state index < -0.39 is 0 Å². The first kappa shape index (κ1) is 22.7. The monoisotopic (exact) mass is 461 g/mol. The van der Waals surface area contributed by atoms with E-state index in [2.05, 4.69) is 41.3 Å². The predicted molar refractivity (Wildman–Crippen MR) is 131 cm³/mol. The number of nitrogens with zero attached hydrogens (tertiary/aromatic N) is 6. The summed E-state index contributed by atoms with van der Waals surface area (Å²) >= 11 is 1.36. The van der Waals surface area contributed by atoms with Gasteiger partial charge in [0.25, 0.3) is 0 Å². The molecule has 1 aromatic carbocycles. The van der Waals surface area contributed by atoms with Gasteiger partial charge in [0, 0.05) is 36.0 Å². The van der Waals surface area contributed by atoms with E-state index in [1.807, 2.05) is 60.0 Å². The van der Waals surface area contributed by atoms with Crippen molar-refractivity contribution in [3.05, 3.63) is 66.6 Å². The standard InChI is InChI=1S/C24H27N7OS/c1-5-30-22(17-11-13-25-14-12-17)27-28-23(30)33-16-21(32)26-20-15-19(24(2,3)4)29-31(20)18-9-7-6-8-10-18/h6-15H,5,16H2,1-4H3,(H,26,32). The van der Waals surface area contributed by atoms with Crippen molar-refractivity contribution in [2.75, 3.05) is 11.1 Å². The molecule has 0 aliphatic carbocycles. The van der Waals surface area contributed by atoms with Crippen LogP contribution in [0.2, 0.25) is 0 Å². The molecule has 0 radical (unpaired) electrons. The zero-order chi connectivity index (χ0) is 23.4. The van der Waals surface area contributed by atoms with Gasteiger partial charge in [-0.25, -0.2) is 4.68 Å². The van der Waals surface area contributed by atoms with Gasteiger partial charge in [-0.2, -0.15) is 5.10 Å². The Kier molecular flexibility index (Phi) is 6.60. The fraction of sp³-hybridized carbons (Fsp3) is 0.292. The first-order valence-electron chi connectivity index (χ1n) is 10.8. The van der Waals surface area contributed by atoms with E-state index in [1.54, 1.807) is 17.1 Å². The minimum absolute atomic E-state index is 0.131. The molecule has 9 heteroatoms. The summed E-state index contributed by atoms with van der Waals surface area (Å²) in [5.41, 5.74) is 2.60. The van der Waals surface area contributed by atoms with Gasteiger partial charge in [0.05, 0.1) is 17.1 Å². The first-order valence-corrected chi connectivity index (χ1v) is 11.8. The zero-order valence-electron chi connectivity index (χ0n) is 19.2. The lowest BCUT2D eigenvalue weighted by Crippen LogP contribution is -2.17. The molecule has 3 heterocycles. The van der Waals surface area contributed by atoms with Crippen LogP contribution in [0.15, 0.2) is 66.1 Å². The maximum absolute atomic E-state index is 12.9. The average Bonchev–Trinajstić information content (AvgIpc) is 3.43. The second-order valence-electron chi connectivity index (χ2n) is 8.54. The summed E-state index contributed by atoms with van der Waals surface area (Å²) in [7, 11) is 0. The molecule has 1 amide bonds. The molecule has 0 fully saturated rings. The number of para-hydroxylation sites is 1. The van der Waals surface area contributed by atoms with Crippen LogP contribution in [-0.2, 0) is 16.8 Å². The van der Waals surface area contributed by atoms with Gasteiger partial charge in [-0.3, -0.25) is 9.78 Å². The van der Waals surface area contributed by atoms with Crippen LogP contribution in [0.1, 0.15) is 33.4 Å². The number of aromatic nitrogens is 6. The molecule has 0 saturated carbocycles. The Morgan fingerprint density at radius 3 is 2.45 bits per heavy atom. The van der Waals surface area contributed by atoms with Crippen molar-refractivity contribution in [1.82, 2.24) is 29.5 Å². The number of benzene rings is 1. The molecule has 0 spiro atoms. The molecule has 0 aliphatic heterocycles. The van der Waals surface area contributed by atoms with Gasteiger partial charge < -0.3 is 9.88 Å². The highest BCUT2D eigenvalue weighted by molar-refractivity contribution is 7.99. The summed E-state index contributed by atoms with van der Waals surface area (Å²) in [6.45, 7) is 9.03. The fourth-order valence-corrected chi connectivity index (χ4v) is 4.11. The minimum Gasteiger partial charge on any atom is -0.310 e. The third-order valence-corrected chi connectivity index (χ3v) is 6.02. The van der Waals surface area contributed by atoms with Crippen LogP contribution in [0.3, 0.4) is 0 Å². The molecule has 3 aromatic heterocycles. The molecule has 33 heavy (non-hydrogen) atoms. The highest BCUT2D eigenvalue weighted by Crippen LogP contribution is 2.27. The van der Waals surface area contributed by atoms with E-state index in [0.717, 1.165) is 22.8 Å². The van der Waals surface area contributed by atoms with Gasteiger partial charge in [-0.15, -0.1) is 10.2 Å². The molecule has 0 saturated heterocycles. The molecule has 4 aromatic rings. The first-order chi connectivity index (χ1) is 15.9. The predicted octanol–water partition coefficient (Wildman–Crippen LogP) is 4.57. The maximum Gasteiger partial charge on any atom is 0.236 e. The van der Waals surface area contributed by atoms with Gasteiger partial charge in [0.2, 0.25) is 5.91 Å². The topological polar surface area (TPSA) is 90.5 Å². The fourth-order valence-electron chi connectivity index (χ4n) is 3.31. The van der Waals surface area contributed by atoms with Crippen molar-refractivity contribution in [2.45, 2.75) is 44.8 Å². The van der Waals surface area contributed by atoms with Crippen molar-refractivity contribution in [1.29, 1.82) is 0 Å². The lowest BCUT2D eigenvalue weighted by atomic mass is 9.92. The van der Waals surface area contributed by atoms with E-state index in [-0.39, 0.29) is 17.1 Å². The SMILES string of the molecule is CCn1c(SCC(=O)Nc2cc(C(C)(C)C)nn2-c2ccccc2)nnc1-c1ccncc1. The van der Waals surface area contributed by atoms with Crippen molar-refractivity contribution >= 4 is 23.5 Å². The van der Waals surface area contributed by atoms with E-state index in [4.69, 9.17) is 5.10 Å². The Labute approximate surface area is 197 Å². The van der Waals surface area contributed by atoms with Crippen molar-refractivity contribution in [3.63, 3.8) is 0 Å². The number of anilines is 1. The number of amides is 1. The van der Waals surface area contributed by atoms with E-state index in [9.17, 15) is 4.79 Å². The van der Waals surface area contributed by atoms with Crippen LogP contribution in [0, 0.1) is 0 Å². The molecule has 0 unspecified atom stereocenters. The lowest BCUT2D eigenvalue weighted by Gasteiger charge is -2.14. The van der Waals surface area contributed by atoms with Crippen molar-refractivity contribution < 1.29 is 4.79 Å². The van der Waals surface area contributed by atoms with Gasteiger partial charge >= 0.3 is 0 Å². The van der Waals surface area contributed by atoms with Gasteiger partial charge in [-0.05, 0) is 31.2 Å². The van der Waals surface area contributed by atoms with E-state index in [0.29, 0.717) is 17.5 Å². The molecule has 8 nitrogen and oxygen atoms in total. The molecule has 0 atom stereocenters. The Balaban J connectivity index is 1.51. The second kappa shape index (κ2) is 9.58. The summed E-state index contributed by atoms with van der Waals surface area (Å²) in [6.07, 6.45) is 3.46. The molecular formula is C24H27N7OS. The number of carbonyl (C=O) groups is 1. The number of pyridine rings is 1. The highest BCUT2D eigenvalue weighted by atomic mass is 32.2. The number of rotatable bonds is 7. The summed E-state index contributed by atoms with van der Waals surface area (Å²) < 4.78 is 3.78. The smallest absolute Gasteiger partial charge is 0.236 e. The highest BCUT2D eigenvalue weighted by Gasteiger charge is 2.22.